The van der Waals surface area contributed by atoms with Crippen LogP contribution in [0.5, 0.6) is 11.5 Å². The molecular formula is C23H21N3O5. The molecule has 0 unspecified atom stereocenters. The molecule has 0 fully saturated rings. The molecule has 158 valence electrons. The van der Waals surface area contributed by atoms with Crippen molar-refractivity contribution >= 4 is 11.8 Å². The van der Waals surface area contributed by atoms with E-state index in [2.05, 4.69) is 16.7 Å². The summed E-state index contributed by atoms with van der Waals surface area (Å²) >= 11 is 0. The van der Waals surface area contributed by atoms with Gasteiger partial charge in [-0.2, -0.15) is 5.26 Å². The Labute approximate surface area is 179 Å². The van der Waals surface area contributed by atoms with Crippen LogP contribution in [-0.2, 0) is 6.61 Å². The first-order valence-corrected chi connectivity index (χ1v) is 9.52. The Bertz CT molecular complexity index is 1080. The molecule has 31 heavy (non-hydrogen) atoms. The predicted octanol–water partition coefficient (Wildman–Crippen LogP) is 2.90. The van der Waals surface area contributed by atoms with E-state index in [4.69, 9.17) is 19.2 Å². The van der Waals surface area contributed by atoms with Gasteiger partial charge in [-0.3, -0.25) is 9.59 Å². The van der Waals surface area contributed by atoms with Crippen molar-refractivity contribution in [3.8, 4) is 17.6 Å². The van der Waals surface area contributed by atoms with Gasteiger partial charge in [0.1, 0.15) is 29.9 Å². The van der Waals surface area contributed by atoms with Crippen LogP contribution < -0.4 is 20.1 Å². The van der Waals surface area contributed by atoms with Crippen LogP contribution in [0.25, 0.3) is 0 Å². The second-order valence-corrected chi connectivity index (χ2v) is 6.40. The van der Waals surface area contributed by atoms with Crippen molar-refractivity contribution in [1.29, 1.82) is 5.26 Å². The van der Waals surface area contributed by atoms with Gasteiger partial charge in [0, 0.05) is 18.7 Å². The number of benzene rings is 2. The van der Waals surface area contributed by atoms with E-state index in [1.165, 1.54) is 0 Å². The van der Waals surface area contributed by atoms with Crippen LogP contribution in [0.15, 0.2) is 65.1 Å². The van der Waals surface area contributed by atoms with E-state index in [1.54, 1.807) is 67.8 Å². The highest BCUT2D eigenvalue weighted by Gasteiger charge is 2.12. The van der Waals surface area contributed by atoms with E-state index in [9.17, 15) is 9.59 Å². The highest BCUT2D eigenvalue weighted by Crippen LogP contribution is 2.19. The summed E-state index contributed by atoms with van der Waals surface area (Å²) in [4.78, 5) is 24.3. The van der Waals surface area contributed by atoms with Crippen molar-refractivity contribution in [2.45, 2.75) is 6.61 Å². The molecule has 8 heteroatoms. The third-order valence-electron chi connectivity index (χ3n) is 4.31. The zero-order valence-corrected chi connectivity index (χ0v) is 16.9. The molecule has 0 saturated heterocycles. The number of nitriles is 1. The first-order valence-electron chi connectivity index (χ1n) is 9.52. The Balaban J connectivity index is 1.42. The van der Waals surface area contributed by atoms with Crippen LogP contribution in [0.3, 0.4) is 0 Å². The second-order valence-electron chi connectivity index (χ2n) is 6.40. The Morgan fingerprint density at radius 2 is 1.68 bits per heavy atom. The minimum Gasteiger partial charge on any atom is -0.497 e. The Morgan fingerprint density at radius 3 is 2.39 bits per heavy atom. The van der Waals surface area contributed by atoms with Crippen LogP contribution in [-0.4, -0.2) is 32.0 Å². The molecule has 0 bridgehead atoms. The number of furan rings is 1. The number of ether oxygens (including phenoxy) is 2. The van der Waals surface area contributed by atoms with Gasteiger partial charge in [-0.1, -0.05) is 12.1 Å². The molecule has 0 radical (unpaired) electrons. The molecule has 2 N–H and O–H groups in total. The number of hydrogen-bond acceptors (Lipinski definition) is 6. The minimum atomic E-state index is -0.401. The molecule has 0 aliphatic heterocycles. The van der Waals surface area contributed by atoms with Crippen molar-refractivity contribution in [3.05, 3.63) is 83.3 Å². The zero-order chi connectivity index (χ0) is 22.1. The largest absolute Gasteiger partial charge is 0.497 e. The molecule has 0 spiro atoms. The number of nitrogens with one attached hydrogen (secondary N) is 2. The smallest absolute Gasteiger partial charge is 0.287 e. The summed E-state index contributed by atoms with van der Waals surface area (Å²) in [6.07, 6.45) is 0. The highest BCUT2D eigenvalue weighted by atomic mass is 16.5. The summed E-state index contributed by atoms with van der Waals surface area (Å²) in [6.45, 7) is 0.588. The molecule has 2 amide bonds. The fourth-order valence-electron chi connectivity index (χ4n) is 2.69. The van der Waals surface area contributed by atoms with Gasteiger partial charge in [0.2, 0.25) is 0 Å². The van der Waals surface area contributed by atoms with Gasteiger partial charge in [-0.05, 0) is 48.5 Å². The average Bonchev–Trinajstić information content (AvgIpc) is 3.29. The van der Waals surface area contributed by atoms with Crippen LogP contribution in [0.4, 0.5) is 0 Å². The van der Waals surface area contributed by atoms with Crippen LogP contribution >= 0.6 is 0 Å². The molecular weight excluding hydrogens is 398 g/mol. The lowest BCUT2D eigenvalue weighted by molar-refractivity contribution is 0.0907. The summed E-state index contributed by atoms with van der Waals surface area (Å²) in [6, 6.07) is 18.8. The predicted molar refractivity (Wildman–Crippen MR) is 112 cm³/mol. The van der Waals surface area contributed by atoms with Gasteiger partial charge >= 0.3 is 0 Å². The Kier molecular flexibility index (Phi) is 7.27. The van der Waals surface area contributed by atoms with Gasteiger partial charge in [0.25, 0.3) is 11.8 Å². The second kappa shape index (κ2) is 10.5. The van der Waals surface area contributed by atoms with Gasteiger partial charge in [-0.15, -0.1) is 0 Å². The van der Waals surface area contributed by atoms with E-state index < -0.39 is 5.91 Å². The first kappa shape index (κ1) is 21.5. The molecule has 0 saturated carbocycles. The number of para-hydroxylation sites is 1. The summed E-state index contributed by atoms with van der Waals surface area (Å²) in [5, 5.41) is 14.5. The summed E-state index contributed by atoms with van der Waals surface area (Å²) in [7, 11) is 1.56. The van der Waals surface area contributed by atoms with Gasteiger partial charge in [0.15, 0.2) is 5.76 Å². The molecule has 3 rings (SSSR count). The number of amides is 2. The topological polar surface area (TPSA) is 114 Å². The summed E-state index contributed by atoms with van der Waals surface area (Å²) in [5.41, 5.74) is 0.921. The number of hydrogen-bond donors (Lipinski definition) is 2. The summed E-state index contributed by atoms with van der Waals surface area (Å²) in [5.74, 6) is 1.05. The molecule has 1 heterocycles. The molecule has 0 aliphatic carbocycles. The lowest BCUT2D eigenvalue weighted by Crippen LogP contribution is -2.34. The van der Waals surface area contributed by atoms with E-state index in [0.29, 0.717) is 28.4 Å². The number of carbonyl (C=O) groups excluding carboxylic acids is 2. The van der Waals surface area contributed by atoms with Gasteiger partial charge in [-0.25, -0.2) is 0 Å². The maximum atomic E-state index is 12.2. The standard InChI is InChI=1S/C23H21N3O5/c1-29-18-8-6-16(7-9-18)22(27)25-12-13-26-23(28)21-11-10-19(31-21)15-30-20-5-3-2-4-17(20)14-24/h2-11H,12-13,15H2,1H3,(H,25,27)(H,26,28). The lowest BCUT2D eigenvalue weighted by atomic mass is 10.2. The number of rotatable bonds is 9. The molecule has 0 aliphatic rings. The molecule has 0 atom stereocenters. The zero-order valence-electron chi connectivity index (χ0n) is 16.9. The van der Waals surface area contributed by atoms with Gasteiger partial charge < -0.3 is 24.5 Å². The van der Waals surface area contributed by atoms with Crippen LogP contribution in [0.2, 0.25) is 0 Å². The van der Waals surface area contributed by atoms with Crippen molar-refractivity contribution in [2.75, 3.05) is 20.2 Å². The van der Waals surface area contributed by atoms with Crippen molar-refractivity contribution in [2.24, 2.45) is 0 Å². The molecule has 3 aromatic rings. The Hall–Kier alpha value is -4.25. The van der Waals surface area contributed by atoms with Crippen molar-refractivity contribution in [1.82, 2.24) is 10.6 Å². The first-order chi connectivity index (χ1) is 15.1. The quantitative estimate of drug-likeness (QED) is 0.516. The molecule has 2 aromatic carbocycles. The average molecular weight is 419 g/mol. The van der Waals surface area contributed by atoms with Crippen LogP contribution in [0.1, 0.15) is 32.2 Å². The minimum absolute atomic E-state index is 0.0872. The SMILES string of the molecule is COc1ccc(C(=O)NCCNC(=O)c2ccc(COc3ccccc3C#N)o2)cc1. The maximum absolute atomic E-state index is 12.2. The monoisotopic (exact) mass is 419 g/mol. The normalized spacial score (nSPS) is 10.1. The van der Waals surface area contributed by atoms with E-state index in [-0.39, 0.29) is 31.4 Å². The number of methoxy groups -OCH3 is 1. The fraction of sp³-hybridized carbons (Fsp3) is 0.174. The third-order valence-corrected chi connectivity index (χ3v) is 4.31. The highest BCUT2D eigenvalue weighted by molar-refractivity contribution is 5.94. The summed E-state index contributed by atoms with van der Waals surface area (Å²) < 4.78 is 16.1. The molecule has 8 nitrogen and oxygen atoms in total. The van der Waals surface area contributed by atoms with Crippen molar-refractivity contribution < 1.29 is 23.5 Å². The maximum Gasteiger partial charge on any atom is 0.287 e. The molecule has 1 aromatic heterocycles. The van der Waals surface area contributed by atoms with E-state index >= 15 is 0 Å². The fourth-order valence-corrected chi connectivity index (χ4v) is 2.69. The van der Waals surface area contributed by atoms with Gasteiger partial charge in [0.05, 0.1) is 12.7 Å². The lowest BCUT2D eigenvalue weighted by Gasteiger charge is -2.07. The Morgan fingerprint density at radius 1 is 0.968 bits per heavy atom. The van der Waals surface area contributed by atoms with Crippen LogP contribution in [0, 0.1) is 11.3 Å². The van der Waals surface area contributed by atoms with E-state index in [1.807, 2.05) is 0 Å². The number of nitrogens with zero attached hydrogens (tertiary/aromatic N) is 1. The number of carbonyl (C=O) groups is 2. The third kappa shape index (κ3) is 5.87. The van der Waals surface area contributed by atoms with Crippen molar-refractivity contribution in [3.63, 3.8) is 0 Å². The van der Waals surface area contributed by atoms with E-state index in [0.717, 1.165) is 0 Å².